The van der Waals surface area contributed by atoms with Gasteiger partial charge in [-0.3, -0.25) is 4.90 Å². The molecule has 1 unspecified atom stereocenters. The molecular formula is C20H34N2O2S. The van der Waals surface area contributed by atoms with Gasteiger partial charge in [0.25, 0.3) is 0 Å². The lowest BCUT2D eigenvalue weighted by Gasteiger charge is -2.39. The maximum absolute atomic E-state index is 5.60. The van der Waals surface area contributed by atoms with E-state index in [1.54, 1.807) is 14.2 Å². The van der Waals surface area contributed by atoms with Gasteiger partial charge >= 0.3 is 0 Å². The van der Waals surface area contributed by atoms with Crippen molar-refractivity contribution in [1.82, 2.24) is 9.21 Å². The van der Waals surface area contributed by atoms with Crippen molar-refractivity contribution >= 4 is 11.9 Å². The van der Waals surface area contributed by atoms with E-state index in [1.165, 1.54) is 44.3 Å². The summed E-state index contributed by atoms with van der Waals surface area (Å²) in [6, 6.07) is 7.61. The highest BCUT2D eigenvalue weighted by atomic mass is 32.2. The van der Waals surface area contributed by atoms with E-state index in [0.29, 0.717) is 6.04 Å². The molecule has 1 saturated carbocycles. The van der Waals surface area contributed by atoms with Crippen LogP contribution in [0.1, 0.15) is 45.1 Å². The number of piperidine rings is 1. The van der Waals surface area contributed by atoms with Gasteiger partial charge in [-0.25, -0.2) is 4.31 Å². The predicted octanol–water partition coefficient (Wildman–Crippen LogP) is 4.44. The number of rotatable bonds is 7. The molecule has 142 valence electrons. The Balaban J connectivity index is 0.00000109. The maximum atomic E-state index is 5.60. The first-order valence-electron chi connectivity index (χ1n) is 9.51. The molecule has 4 nitrogen and oxygen atoms in total. The third-order valence-electron chi connectivity index (χ3n) is 4.95. The van der Waals surface area contributed by atoms with E-state index in [-0.39, 0.29) is 0 Å². The number of hydrogen-bond donors (Lipinski definition) is 0. The lowest BCUT2D eigenvalue weighted by Crippen LogP contribution is -2.46. The first-order chi connectivity index (χ1) is 12.2. The molecule has 0 bridgehead atoms. The van der Waals surface area contributed by atoms with Gasteiger partial charge in [-0.05, 0) is 38.0 Å². The standard InChI is InChI=1S/C18H28N2O2S.C2H6/c1-21-17-9-6-14(18(11-17)22-2)12-20(15-7-8-15)16-5-4-10-19(13-16)23-3;1-2/h6,9,11,15-16H,4-5,7-8,10,12-13H2,1-3H3;1-2H3. The molecule has 0 radical (unpaired) electrons. The van der Waals surface area contributed by atoms with E-state index in [0.717, 1.165) is 24.1 Å². The Labute approximate surface area is 158 Å². The number of benzene rings is 1. The molecule has 1 saturated heterocycles. The number of hydrogen-bond acceptors (Lipinski definition) is 5. The highest BCUT2D eigenvalue weighted by molar-refractivity contribution is 7.96. The van der Waals surface area contributed by atoms with Crippen LogP contribution in [-0.4, -0.2) is 54.9 Å². The van der Waals surface area contributed by atoms with Crippen LogP contribution in [0.5, 0.6) is 11.5 Å². The van der Waals surface area contributed by atoms with Gasteiger partial charge in [-0.1, -0.05) is 31.9 Å². The molecule has 2 aliphatic rings. The van der Waals surface area contributed by atoms with Crippen LogP contribution in [0.15, 0.2) is 18.2 Å². The number of methoxy groups -OCH3 is 2. The predicted molar refractivity (Wildman–Crippen MR) is 108 cm³/mol. The summed E-state index contributed by atoms with van der Waals surface area (Å²) >= 11 is 1.88. The summed E-state index contributed by atoms with van der Waals surface area (Å²) in [4.78, 5) is 2.71. The molecule has 1 aliphatic carbocycles. The Morgan fingerprint density at radius 1 is 1.12 bits per heavy atom. The Hall–Kier alpha value is -0.910. The van der Waals surface area contributed by atoms with Crippen LogP contribution in [0.2, 0.25) is 0 Å². The zero-order valence-electron chi connectivity index (χ0n) is 16.5. The molecule has 1 atom stereocenters. The van der Waals surface area contributed by atoms with E-state index in [9.17, 15) is 0 Å². The van der Waals surface area contributed by atoms with Crippen molar-refractivity contribution < 1.29 is 9.47 Å². The van der Waals surface area contributed by atoms with Gasteiger partial charge in [0.2, 0.25) is 0 Å². The Morgan fingerprint density at radius 3 is 2.48 bits per heavy atom. The smallest absolute Gasteiger partial charge is 0.127 e. The van der Waals surface area contributed by atoms with Crippen molar-refractivity contribution in [1.29, 1.82) is 0 Å². The highest BCUT2D eigenvalue weighted by Crippen LogP contribution is 2.35. The molecule has 1 heterocycles. The Bertz CT molecular complexity index is 522. The molecule has 0 amide bonds. The molecule has 0 spiro atoms. The van der Waals surface area contributed by atoms with Gasteiger partial charge in [-0.2, -0.15) is 0 Å². The first-order valence-corrected chi connectivity index (χ1v) is 10.7. The largest absolute Gasteiger partial charge is 0.497 e. The molecular weight excluding hydrogens is 332 g/mol. The van der Waals surface area contributed by atoms with Gasteiger partial charge < -0.3 is 9.47 Å². The molecule has 5 heteroatoms. The summed E-state index contributed by atoms with van der Waals surface area (Å²) in [5, 5.41) is 0. The quantitative estimate of drug-likeness (QED) is 0.665. The third kappa shape index (κ3) is 5.53. The highest BCUT2D eigenvalue weighted by Gasteiger charge is 2.36. The fourth-order valence-electron chi connectivity index (χ4n) is 3.50. The summed E-state index contributed by atoms with van der Waals surface area (Å²) in [6.07, 6.45) is 7.49. The summed E-state index contributed by atoms with van der Waals surface area (Å²) in [6.45, 7) is 7.38. The second-order valence-electron chi connectivity index (χ2n) is 6.45. The summed E-state index contributed by atoms with van der Waals surface area (Å²) < 4.78 is 13.4. The summed E-state index contributed by atoms with van der Waals surface area (Å²) in [7, 11) is 3.44. The minimum Gasteiger partial charge on any atom is -0.497 e. The van der Waals surface area contributed by atoms with Crippen molar-refractivity contribution in [2.24, 2.45) is 0 Å². The van der Waals surface area contributed by atoms with Crippen molar-refractivity contribution in [3.8, 4) is 11.5 Å². The Morgan fingerprint density at radius 2 is 1.88 bits per heavy atom. The van der Waals surface area contributed by atoms with Gasteiger partial charge in [-0.15, -0.1) is 0 Å². The Kier molecular flexibility index (Phi) is 8.40. The summed E-state index contributed by atoms with van der Waals surface area (Å²) in [5.74, 6) is 1.79. The SMILES string of the molecule is CC.COc1ccc(CN(C2CC2)C2CCCN(SC)C2)c(OC)c1. The lowest BCUT2D eigenvalue weighted by atomic mass is 10.0. The van der Waals surface area contributed by atoms with Crippen LogP contribution in [0, 0.1) is 0 Å². The van der Waals surface area contributed by atoms with E-state index in [1.807, 2.05) is 37.9 Å². The van der Waals surface area contributed by atoms with E-state index in [4.69, 9.17) is 9.47 Å². The fourth-order valence-corrected chi connectivity index (χ4v) is 4.13. The number of nitrogens with zero attached hydrogens (tertiary/aromatic N) is 2. The maximum Gasteiger partial charge on any atom is 0.127 e. The van der Waals surface area contributed by atoms with Crippen molar-refractivity contribution in [3.05, 3.63) is 23.8 Å². The van der Waals surface area contributed by atoms with E-state index in [2.05, 4.69) is 21.5 Å². The zero-order chi connectivity index (χ0) is 18.2. The van der Waals surface area contributed by atoms with Gasteiger partial charge in [0.05, 0.1) is 14.2 Å². The van der Waals surface area contributed by atoms with Crippen LogP contribution in [-0.2, 0) is 6.54 Å². The van der Waals surface area contributed by atoms with Gasteiger partial charge in [0, 0.05) is 43.3 Å². The molecule has 2 fully saturated rings. The van der Waals surface area contributed by atoms with Crippen LogP contribution >= 0.6 is 11.9 Å². The van der Waals surface area contributed by atoms with Crippen LogP contribution in [0.4, 0.5) is 0 Å². The molecule has 1 aliphatic heterocycles. The average molecular weight is 367 g/mol. The minimum absolute atomic E-state index is 0.663. The number of ether oxygens (including phenoxy) is 2. The van der Waals surface area contributed by atoms with Crippen LogP contribution in [0.3, 0.4) is 0 Å². The molecule has 0 N–H and O–H groups in total. The normalized spacial score (nSPS) is 20.8. The van der Waals surface area contributed by atoms with Crippen LogP contribution < -0.4 is 9.47 Å². The summed E-state index contributed by atoms with van der Waals surface area (Å²) in [5.41, 5.74) is 1.27. The van der Waals surface area contributed by atoms with E-state index < -0.39 is 0 Å². The zero-order valence-corrected chi connectivity index (χ0v) is 17.3. The van der Waals surface area contributed by atoms with Gasteiger partial charge in [0.15, 0.2) is 0 Å². The van der Waals surface area contributed by atoms with Gasteiger partial charge in [0.1, 0.15) is 11.5 Å². The molecule has 3 rings (SSSR count). The first kappa shape index (κ1) is 20.4. The fraction of sp³-hybridized carbons (Fsp3) is 0.700. The topological polar surface area (TPSA) is 24.9 Å². The monoisotopic (exact) mass is 366 g/mol. The van der Waals surface area contributed by atoms with Crippen molar-refractivity contribution in [3.63, 3.8) is 0 Å². The molecule has 1 aromatic rings. The van der Waals surface area contributed by atoms with Crippen LogP contribution in [0.25, 0.3) is 0 Å². The minimum atomic E-state index is 0.663. The second-order valence-corrected chi connectivity index (χ2v) is 7.33. The average Bonchev–Trinajstić information content (AvgIpc) is 3.52. The van der Waals surface area contributed by atoms with Crippen molar-refractivity contribution in [2.75, 3.05) is 33.6 Å². The van der Waals surface area contributed by atoms with E-state index >= 15 is 0 Å². The molecule has 1 aromatic carbocycles. The molecule has 25 heavy (non-hydrogen) atoms. The third-order valence-corrected chi connectivity index (χ3v) is 5.80. The van der Waals surface area contributed by atoms with Crippen molar-refractivity contribution in [2.45, 2.75) is 58.2 Å². The lowest BCUT2D eigenvalue weighted by molar-refractivity contribution is 0.123. The molecule has 0 aromatic heterocycles. The second kappa shape index (κ2) is 10.3.